The van der Waals surface area contributed by atoms with Crippen molar-refractivity contribution < 1.29 is 10.2 Å². The molecule has 174 valence electrons. The molecule has 0 spiro atoms. The average molecular weight is 419 g/mol. The largest absolute Gasteiger partial charge is 0.396 e. The maximum atomic E-state index is 10.4. The maximum absolute atomic E-state index is 10.4. The summed E-state index contributed by atoms with van der Waals surface area (Å²) in [7, 11) is 0. The molecule has 0 saturated heterocycles. The number of hydrogen-bond acceptors (Lipinski definition) is 2. The summed E-state index contributed by atoms with van der Waals surface area (Å²) in [5.41, 5.74) is 0.869. The minimum Gasteiger partial charge on any atom is -0.396 e. The molecule has 2 nitrogen and oxygen atoms in total. The van der Waals surface area contributed by atoms with E-state index in [2.05, 4.69) is 34.6 Å². The highest BCUT2D eigenvalue weighted by Crippen LogP contribution is 2.69. The summed E-state index contributed by atoms with van der Waals surface area (Å²) in [6, 6.07) is 0. The Hall–Kier alpha value is -0.0800. The Labute approximate surface area is 186 Å². The van der Waals surface area contributed by atoms with Gasteiger partial charge in [0.15, 0.2) is 0 Å². The van der Waals surface area contributed by atoms with Crippen molar-refractivity contribution in [1.82, 2.24) is 0 Å². The van der Waals surface area contributed by atoms with Gasteiger partial charge in [-0.15, -0.1) is 0 Å². The first-order valence-electron chi connectivity index (χ1n) is 13.5. The molecule has 0 radical (unpaired) electrons. The maximum Gasteiger partial charge on any atom is 0.0543 e. The SMILES string of the molecule is CC(C)CCC[C@H](C)[C@@H]1CC[C@@H]2[C@@H]3C[C@H](CO)[C@H]4C[C@H](O)CC[C@]4(C)[C@@H]3CC[C@@]21C. The third kappa shape index (κ3) is 3.81. The third-order valence-corrected chi connectivity index (χ3v) is 11.3. The molecule has 4 saturated carbocycles. The summed E-state index contributed by atoms with van der Waals surface area (Å²) >= 11 is 0. The third-order valence-electron chi connectivity index (χ3n) is 11.3. The van der Waals surface area contributed by atoms with Crippen molar-refractivity contribution in [2.45, 2.75) is 111 Å². The van der Waals surface area contributed by atoms with Crippen molar-refractivity contribution in [3.63, 3.8) is 0 Å². The fourth-order valence-corrected chi connectivity index (χ4v) is 9.71. The van der Waals surface area contributed by atoms with Gasteiger partial charge in [-0.05, 0) is 110 Å². The van der Waals surface area contributed by atoms with E-state index in [-0.39, 0.29) is 6.10 Å². The van der Waals surface area contributed by atoms with Crippen LogP contribution in [0.1, 0.15) is 105 Å². The summed E-state index contributed by atoms with van der Waals surface area (Å²) in [6.45, 7) is 12.8. The summed E-state index contributed by atoms with van der Waals surface area (Å²) in [5.74, 6) is 6.05. The first-order chi connectivity index (χ1) is 14.2. The molecule has 4 fully saturated rings. The van der Waals surface area contributed by atoms with Crippen LogP contribution >= 0.6 is 0 Å². The van der Waals surface area contributed by atoms with E-state index in [0.717, 1.165) is 48.3 Å². The number of aliphatic hydroxyl groups excluding tert-OH is 2. The number of aliphatic hydroxyl groups is 2. The van der Waals surface area contributed by atoms with E-state index in [1.165, 1.54) is 57.8 Å². The predicted molar refractivity (Wildman–Crippen MR) is 125 cm³/mol. The van der Waals surface area contributed by atoms with E-state index in [4.69, 9.17) is 0 Å². The minimum absolute atomic E-state index is 0.134. The number of rotatable bonds is 6. The summed E-state index contributed by atoms with van der Waals surface area (Å²) in [5, 5.41) is 20.7. The van der Waals surface area contributed by atoms with Crippen molar-refractivity contribution in [3.8, 4) is 0 Å². The lowest BCUT2D eigenvalue weighted by atomic mass is 9.42. The van der Waals surface area contributed by atoms with Gasteiger partial charge in [0, 0.05) is 6.61 Å². The van der Waals surface area contributed by atoms with Crippen LogP contribution < -0.4 is 0 Å². The topological polar surface area (TPSA) is 40.5 Å². The summed E-state index contributed by atoms with van der Waals surface area (Å²) in [6.07, 6.45) is 14.1. The van der Waals surface area contributed by atoms with Crippen LogP contribution in [-0.4, -0.2) is 22.9 Å². The second-order valence-electron chi connectivity index (χ2n) is 13.1. The zero-order valence-electron chi connectivity index (χ0n) is 20.6. The second-order valence-corrected chi connectivity index (χ2v) is 13.1. The van der Waals surface area contributed by atoms with Gasteiger partial charge in [-0.3, -0.25) is 0 Å². The molecule has 4 aliphatic rings. The first kappa shape index (κ1) is 23.1. The highest BCUT2D eigenvalue weighted by atomic mass is 16.3. The van der Waals surface area contributed by atoms with E-state index in [0.29, 0.717) is 29.3 Å². The van der Waals surface area contributed by atoms with E-state index < -0.39 is 0 Å². The molecule has 0 unspecified atom stereocenters. The van der Waals surface area contributed by atoms with Gasteiger partial charge in [0.2, 0.25) is 0 Å². The lowest BCUT2D eigenvalue weighted by molar-refractivity contribution is -0.158. The quantitative estimate of drug-likeness (QED) is 0.504. The zero-order chi connectivity index (χ0) is 21.7. The van der Waals surface area contributed by atoms with Crippen molar-refractivity contribution in [1.29, 1.82) is 0 Å². The van der Waals surface area contributed by atoms with Crippen LogP contribution in [0.5, 0.6) is 0 Å². The van der Waals surface area contributed by atoms with Crippen LogP contribution in [0.4, 0.5) is 0 Å². The second kappa shape index (κ2) is 8.69. The van der Waals surface area contributed by atoms with Crippen molar-refractivity contribution in [3.05, 3.63) is 0 Å². The van der Waals surface area contributed by atoms with Crippen LogP contribution in [0.2, 0.25) is 0 Å². The van der Waals surface area contributed by atoms with E-state index in [1.807, 2.05) is 0 Å². The molecule has 4 rings (SSSR count). The molecule has 10 atom stereocenters. The molecule has 0 bridgehead atoms. The van der Waals surface area contributed by atoms with Gasteiger partial charge < -0.3 is 10.2 Å². The molecular formula is C28H50O2. The van der Waals surface area contributed by atoms with Crippen molar-refractivity contribution in [2.75, 3.05) is 6.61 Å². The highest BCUT2D eigenvalue weighted by Gasteiger charge is 2.62. The number of fused-ring (bicyclic) bond motifs is 5. The standard InChI is InChI=1S/C28H50O2/c1-18(2)7-6-8-19(3)23-9-10-24-22-15-20(17-29)26-16-21(30)11-13-28(26,5)25(22)12-14-27(23,24)4/h18-26,29-30H,6-17H2,1-5H3/t19-,20+,21+,22-,23-,24+,25+,26+,27+,28+/m0/s1. The van der Waals surface area contributed by atoms with Gasteiger partial charge in [0.05, 0.1) is 6.10 Å². The Bertz CT molecular complexity index is 587. The normalized spacial score (nSPS) is 49.4. The Morgan fingerprint density at radius 3 is 2.23 bits per heavy atom. The fourth-order valence-electron chi connectivity index (χ4n) is 9.71. The van der Waals surface area contributed by atoms with Gasteiger partial charge in [-0.25, -0.2) is 0 Å². The fraction of sp³-hybridized carbons (Fsp3) is 1.00. The molecule has 0 aromatic heterocycles. The van der Waals surface area contributed by atoms with Crippen molar-refractivity contribution in [2.24, 2.45) is 58.2 Å². The predicted octanol–water partition coefficient (Wildman–Crippen LogP) is 6.69. The van der Waals surface area contributed by atoms with Crippen LogP contribution in [0, 0.1) is 58.2 Å². The summed E-state index contributed by atoms with van der Waals surface area (Å²) < 4.78 is 0. The molecule has 2 N–H and O–H groups in total. The molecule has 4 aliphatic carbocycles. The van der Waals surface area contributed by atoms with Crippen molar-refractivity contribution >= 4 is 0 Å². The van der Waals surface area contributed by atoms with Crippen LogP contribution in [0.3, 0.4) is 0 Å². The van der Waals surface area contributed by atoms with Crippen LogP contribution in [0.15, 0.2) is 0 Å². The van der Waals surface area contributed by atoms with Gasteiger partial charge in [-0.1, -0.05) is 53.9 Å². The Morgan fingerprint density at radius 1 is 0.833 bits per heavy atom. The monoisotopic (exact) mass is 418 g/mol. The van der Waals surface area contributed by atoms with Gasteiger partial charge in [0.1, 0.15) is 0 Å². The van der Waals surface area contributed by atoms with E-state index in [9.17, 15) is 10.2 Å². The summed E-state index contributed by atoms with van der Waals surface area (Å²) in [4.78, 5) is 0. The van der Waals surface area contributed by atoms with Gasteiger partial charge in [0.25, 0.3) is 0 Å². The molecule has 0 aromatic rings. The average Bonchev–Trinajstić information content (AvgIpc) is 3.05. The first-order valence-corrected chi connectivity index (χ1v) is 13.5. The molecule has 0 heterocycles. The minimum atomic E-state index is -0.134. The molecule has 0 amide bonds. The smallest absolute Gasteiger partial charge is 0.0543 e. The highest BCUT2D eigenvalue weighted by molar-refractivity contribution is 5.11. The number of hydrogen-bond donors (Lipinski definition) is 2. The van der Waals surface area contributed by atoms with Gasteiger partial charge in [-0.2, -0.15) is 0 Å². The Kier molecular flexibility index (Phi) is 6.69. The Morgan fingerprint density at radius 2 is 1.53 bits per heavy atom. The molecule has 2 heteroatoms. The van der Waals surface area contributed by atoms with E-state index >= 15 is 0 Å². The lowest BCUT2D eigenvalue weighted by Gasteiger charge is -2.63. The molecule has 0 aliphatic heterocycles. The molecule has 30 heavy (non-hydrogen) atoms. The van der Waals surface area contributed by atoms with E-state index in [1.54, 1.807) is 0 Å². The zero-order valence-corrected chi connectivity index (χ0v) is 20.6. The van der Waals surface area contributed by atoms with Gasteiger partial charge >= 0.3 is 0 Å². The lowest BCUT2D eigenvalue weighted by Crippen LogP contribution is -2.57. The van der Waals surface area contributed by atoms with Crippen LogP contribution in [-0.2, 0) is 0 Å². The molecular weight excluding hydrogens is 368 g/mol. The molecule has 0 aromatic carbocycles. The van der Waals surface area contributed by atoms with Crippen LogP contribution in [0.25, 0.3) is 0 Å². The Balaban J connectivity index is 1.52.